The van der Waals surface area contributed by atoms with E-state index in [1.54, 1.807) is 6.92 Å². The predicted octanol–water partition coefficient (Wildman–Crippen LogP) is 4.44. The first-order valence-electron chi connectivity index (χ1n) is 9.82. The second kappa shape index (κ2) is 10.7. The largest absolute Gasteiger partial charge is 0.494 e. The van der Waals surface area contributed by atoms with E-state index in [1.165, 1.54) is 12.8 Å². The van der Waals surface area contributed by atoms with Crippen LogP contribution in [0.4, 0.5) is 4.79 Å². The van der Waals surface area contributed by atoms with Crippen molar-refractivity contribution in [3.05, 3.63) is 29.8 Å². The minimum absolute atomic E-state index is 0.358. The van der Waals surface area contributed by atoms with Crippen LogP contribution in [0.1, 0.15) is 64.5 Å². The van der Waals surface area contributed by atoms with Gasteiger partial charge in [-0.2, -0.15) is 0 Å². The summed E-state index contributed by atoms with van der Waals surface area (Å²) < 4.78 is 11.2. The van der Waals surface area contributed by atoms with Gasteiger partial charge >= 0.3 is 12.0 Å². The molecule has 27 heavy (non-hydrogen) atoms. The molecule has 148 valence electrons. The molecule has 6 nitrogen and oxygen atoms in total. The number of carbonyl (C=O) groups excluding carboxylic acids is 2. The third-order valence-electron chi connectivity index (χ3n) is 4.64. The van der Waals surface area contributed by atoms with E-state index in [0.717, 1.165) is 24.8 Å². The van der Waals surface area contributed by atoms with Crippen molar-refractivity contribution in [2.75, 3.05) is 13.2 Å². The molecule has 0 spiro atoms. The van der Waals surface area contributed by atoms with Crippen LogP contribution in [-0.2, 0) is 9.53 Å². The lowest BCUT2D eigenvalue weighted by atomic mass is 9.88. The maximum atomic E-state index is 12.8. The van der Waals surface area contributed by atoms with Crippen LogP contribution in [0.25, 0.3) is 0 Å². The van der Waals surface area contributed by atoms with Crippen molar-refractivity contribution < 1.29 is 19.1 Å². The maximum absolute atomic E-state index is 12.8. The summed E-state index contributed by atoms with van der Waals surface area (Å²) in [6.07, 6.45) is 5.43. The number of rotatable bonds is 10. The topological polar surface area (TPSA) is 77.0 Å². The lowest BCUT2D eigenvalue weighted by molar-refractivity contribution is -0.147. The highest BCUT2D eigenvalue weighted by atomic mass is 16.5. The Morgan fingerprint density at radius 3 is 2.63 bits per heavy atom. The molecule has 2 atom stereocenters. The van der Waals surface area contributed by atoms with Crippen LogP contribution in [0.15, 0.2) is 29.3 Å². The third-order valence-corrected chi connectivity index (χ3v) is 4.64. The van der Waals surface area contributed by atoms with Crippen molar-refractivity contribution in [3.63, 3.8) is 0 Å². The Bertz CT molecular complexity index is 672. The first-order valence-corrected chi connectivity index (χ1v) is 9.82. The quantitative estimate of drug-likeness (QED) is 0.485. The summed E-state index contributed by atoms with van der Waals surface area (Å²) in [6, 6.07) is 6.42. The number of nitrogens with one attached hydrogen (secondary N) is 1. The van der Waals surface area contributed by atoms with Crippen molar-refractivity contribution in [2.45, 2.75) is 58.9 Å². The van der Waals surface area contributed by atoms with Crippen molar-refractivity contribution in [1.82, 2.24) is 5.32 Å². The van der Waals surface area contributed by atoms with Crippen molar-refractivity contribution in [1.29, 1.82) is 0 Å². The fourth-order valence-electron chi connectivity index (χ4n) is 3.28. The van der Waals surface area contributed by atoms with E-state index in [9.17, 15) is 9.59 Å². The second-order valence-corrected chi connectivity index (χ2v) is 6.71. The number of urea groups is 1. The Hall–Kier alpha value is -2.37. The van der Waals surface area contributed by atoms with Gasteiger partial charge in [0.15, 0.2) is 0 Å². The summed E-state index contributed by atoms with van der Waals surface area (Å²) in [5.41, 5.74) is 1.22. The zero-order chi connectivity index (χ0) is 19.6. The lowest BCUT2D eigenvalue weighted by Gasteiger charge is -2.30. The van der Waals surface area contributed by atoms with Gasteiger partial charge in [-0.15, -0.1) is 0 Å². The first-order chi connectivity index (χ1) is 13.1. The summed E-state index contributed by atoms with van der Waals surface area (Å²) in [4.78, 5) is 28.7. The Balaban J connectivity index is 2.12. The minimum atomic E-state index is -0.653. The van der Waals surface area contributed by atoms with Crippen LogP contribution in [-0.4, -0.2) is 30.9 Å². The molecule has 1 aliphatic heterocycles. The smallest absolute Gasteiger partial charge is 0.341 e. The highest BCUT2D eigenvalue weighted by Gasteiger charge is 2.39. The van der Waals surface area contributed by atoms with Gasteiger partial charge in [0.2, 0.25) is 0 Å². The molecule has 2 unspecified atom stereocenters. The normalized spacial score (nSPS) is 19.2. The predicted molar refractivity (Wildman–Crippen MR) is 105 cm³/mol. The van der Waals surface area contributed by atoms with E-state index in [-0.39, 0.29) is 5.97 Å². The number of unbranched alkanes of at least 4 members (excludes halogenated alkanes) is 4. The van der Waals surface area contributed by atoms with E-state index >= 15 is 0 Å². The molecule has 1 heterocycles. The molecule has 0 saturated carbocycles. The first kappa shape index (κ1) is 20.9. The number of para-hydroxylation sites is 1. The fourth-order valence-corrected chi connectivity index (χ4v) is 3.28. The monoisotopic (exact) mass is 374 g/mol. The molecule has 1 aromatic carbocycles. The molecular weight excluding hydrogens is 344 g/mol. The number of carbonyl (C=O) groups is 2. The molecule has 2 amide bonds. The summed E-state index contributed by atoms with van der Waals surface area (Å²) in [7, 11) is 0. The number of esters is 1. The zero-order valence-corrected chi connectivity index (χ0v) is 16.5. The third kappa shape index (κ3) is 5.81. The standard InChI is InChI=1S/C21H30N2O4/c1-4-6-7-8-11-14-27-20(24)18-15(3)22-21(25)23-19(18)16-12-9-10-13-17(16)26-5-2/h9-10,12-13,18-19H,4-8,11,14H2,1-3H3,(H,23,25). The number of amides is 2. The van der Waals surface area contributed by atoms with E-state index in [0.29, 0.717) is 24.7 Å². The van der Waals surface area contributed by atoms with E-state index in [4.69, 9.17) is 9.47 Å². The number of ether oxygens (including phenoxy) is 2. The summed E-state index contributed by atoms with van der Waals surface area (Å²) >= 11 is 0. The SMILES string of the molecule is CCCCCCCOC(=O)C1C(C)=NC(=O)NC1c1ccccc1OCC. The highest BCUT2D eigenvalue weighted by Crippen LogP contribution is 2.33. The number of hydrogen-bond acceptors (Lipinski definition) is 4. The van der Waals surface area contributed by atoms with Gasteiger partial charge in [-0.1, -0.05) is 50.8 Å². The van der Waals surface area contributed by atoms with E-state index in [2.05, 4.69) is 17.2 Å². The highest BCUT2D eigenvalue weighted by molar-refractivity contribution is 6.08. The van der Waals surface area contributed by atoms with Crippen molar-refractivity contribution in [3.8, 4) is 5.75 Å². The summed E-state index contributed by atoms with van der Waals surface area (Å²) in [5, 5.41) is 2.80. The second-order valence-electron chi connectivity index (χ2n) is 6.71. The van der Waals surface area contributed by atoms with Gasteiger partial charge in [0, 0.05) is 11.3 Å². The van der Waals surface area contributed by atoms with Gasteiger partial charge in [0.25, 0.3) is 0 Å². The van der Waals surface area contributed by atoms with Crippen molar-refractivity contribution >= 4 is 17.7 Å². The Labute approximate surface area is 161 Å². The van der Waals surface area contributed by atoms with Crippen LogP contribution in [0.3, 0.4) is 0 Å². The van der Waals surface area contributed by atoms with Crippen LogP contribution in [0, 0.1) is 5.92 Å². The van der Waals surface area contributed by atoms with Gasteiger partial charge in [-0.25, -0.2) is 9.79 Å². The minimum Gasteiger partial charge on any atom is -0.494 e. The zero-order valence-electron chi connectivity index (χ0n) is 16.5. The average Bonchev–Trinajstić information content (AvgIpc) is 2.64. The molecule has 1 aromatic rings. The Morgan fingerprint density at radius 1 is 1.15 bits per heavy atom. The molecular formula is C21H30N2O4. The van der Waals surface area contributed by atoms with Gasteiger partial charge in [0.05, 0.1) is 19.3 Å². The van der Waals surface area contributed by atoms with Gasteiger partial charge in [0.1, 0.15) is 11.7 Å². The maximum Gasteiger partial charge on any atom is 0.341 e. The molecule has 0 aromatic heterocycles. The number of aliphatic imine (C=N–C) groups is 1. The molecule has 6 heteroatoms. The molecule has 0 bridgehead atoms. The molecule has 1 N–H and O–H groups in total. The van der Waals surface area contributed by atoms with Crippen LogP contribution in [0.2, 0.25) is 0 Å². The molecule has 0 fully saturated rings. The van der Waals surface area contributed by atoms with Gasteiger partial charge in [-0.05, 0) is 26.3 Å². The molecule has 0 aliphatic carbocycles. The number of benzene rings is 1. The van der Waals surface area contributed by atoms with Crippen LogP contribution < -0.4 is 10.1 Å². The van der Waals surface area contributed by atoms with Gasteiger partial charge in [-0.3, -0.25) is 4.79 Å². The van der Waals surface area contributed by atoms with Gasteiger partial charge < -0.3 is 14.8 Å². The molecule has 0 radical (unpaired) electrons. The summed E-state index contributed by atoms with van der Waals surface area (Å²) in [5.74, 6) is -0.361. The lowest BCUT2D eigenvalue weighted by Crippen LogP contribution is -2.44. The average molecular weight is 374 g/mol. The molecule has 1 aliphatic rings. The number of nitrogens with zero attached hydrogens (tertiary/aromatic N) is 1. The van der Waals surface area contributed by atoms with Crippen molar-refractivity contribution in [2.24, 2.45) is 10.9 Å². The molecule has 0 saturated heterocycles. The Kier molecular flexibility index (Phi) is 8.30. The number of hydrogen-bond donors (Lipinski definition) is 1. The van der Waals surface area contributed by atoms with Crippen LogP contribution in [0.5, 0.6) is 5.75 Å². The Morgan fingerprint density at radius 2 is 1.89 bits per heavy atom. The molecule has 2 rings (SSSR count). The van der Waals surface area contributed by atoms with Crippen LogP contribution >= 0.6 is 0 Å². The van der Waals surface area contributed by atoms with E-state index in [1.807, 2.05) is 31.2 Å². The van der Waals surface area contributed by atoms with E-state index < -0.39 is 18.0 Å². The fraction of sp³-hybridized carbons (Fsp3) is 0.571. The summed E-state index contributed by atoms with van der Waals surface area (Å²) in [6.45, 7) is 6.65.